The van der Waals surface area contributed by atoms with Crippen molar-refractivity contribution in [3.8, 4) is 0 Å². The average Bonchev–Trinajstić information content (AvgIpc) is 3.25. The summed E-state index contributed by atoms with van der Waals surface area (Å²) in [5.41, 5.74) is 5.94. The van der Waals surface area contributed by atoms with Crippen molar-refractivity contribution in [1.82, 2.24) is 0 Å². The largest absolute Gasteiger partial charge is 0.373 e. The molecular formula is C23H20BrN. The summed E-state index contributed by atoms with van der Waals surface area (Å²) in [5.74, 6) is 0. The van der Waals surface area contributed by atoms with Gasteiger partial charge in [-0.3, -0.25) is 0 Å². The molecule has 1 saturated carbocycles. The van der Waals surface area contributed by atoms with Gasteiger partial charge >= 0.3 is 0 Å². The second-order valence-electron chi connectivity index (χ2n) is 7.41. The molecule has 2 aliphatic rings. The van der Waals surface area contributed by atoms with E-state index in [4.69, 9.17) is 0 Å². The molecule has 3 aromatic rings. The second kappa shape index (κ2) is 5.22. The van der Waals surface area contributed by atoms with Gasteiger partial charge in [0.25, 0.3) is 0 Å². The van der Waals surface area contributed by atoms with Crippen LogP contribution in [0.3, 0.4) is 0 Å². The molecule has 1 atom stereocenters. The Bertz CT molecular complexity index is 895. The molecule has 1 aliphatic heterocycles. The van der Waals surface area contributed by atoms with Crippen LogP contribution in [0.25, 0.3) is 0 Å². The third kappa shape index (κ3) is 1.95. The zero-order valence-corrected chi connectivity index (χ0v) is 15.8. The van der Waals surface area contributed by atoms with Gasteiger partial charge in [0, 0.05) is 34.6 Å². The second-order valence-corrected chi connectivity index (χ2v) is 8.33. The SMILES string of the molecule is CN1CC2(CC2(c2ccccc2)c2ccccc2)c2cc(Br)ccc21. The third-order valence-electron chi connectivity index (χ3n) is 6.18. The van der Waals surface area contributed by atoms with Crippen molar-refractivity contribution in [1.29, 1.82) is 0 Å². The maximum absolute atomic E-state index is 3.70. The van der Waals surface area contributed by atoms with Crippen LogP contribution in [0.2, 0.25) is 0 Å². The number of halogens is 1. The summed E-state index contributed by atoms with van der Waals surface area (Å²) in [6.45, 7) is 1.07. The smallest absolute Gasteiger partial charge is 0.0404 e. The van der Waals surface area contributed by atoms with Gasteiger partial charge in [0.05, 0.1) is 0 Å². The monoisotopic (exact) mass is 389 g/mol. The van der Waals surface area contributed by atoms with Crippen LogP contribution >= 0.6 is 15.9 Å². The molecule has 25 heavy (non-hydrogen) atoms. The molecule has 1 fully saturated rings. The number of fused-ring (bicyclic) bond motifs is 2. The highest BCUT2D eigenvalue weighted by atomic mass is 79.9. The Morgan fingerprint density at radius 1 is 0.840 bits per heavy atom. The number of anilines is 1. The lowest BCUT2D eigenvalue weighted by Crippen LogP contribution is -2.28. The van der Waals surface area contributed by atoms with Crippen molar-refractivity contribution in [2.75, 3.05) is 18.5 Å². The lowest BCUT2D eigenvalue weighted by Gasteiger charge is -2.25. The minimum atomic E-state index is 0.0653. The summed E-state index contributed by atoms with van der Waals surface area (Å²) in [6, 6.07) is 28.9. The topological polar surface area (TPSA) is 3.24 Å². The molecule has 0 bridgehead atoms. The number of rotatable bonds is 2. The van der Waals surface area contributed by atoms with Gasteiger partial charge in [0.15, 0.2) is 0 Å². The molecule has 0 saturated heterocycles. The number of benzene rings is 3. The Morgan fingerprint density at radius 3 is 2.04 bits per heavy atom. The molecule has 3 aromatic carbocycles. The zero-order valence-electron chi connectivity index (χ0n) is 14.2. The van der Waals surface area contributed by atoms with Crippen molar-refractivity contribution in [3.63, 3.8) is 0 Å². The van der Waals surface area contributed by atoms with Crippen LogP contribution in [-0.4, -0.2) is 13.6 Å². The van der Waals surface area contributed by atoms with Crippen LogP contribution < -0.4 is 4.90 Å². The average molecular weight is 390 g/mol. The Hall–Kier alpha value is -2.06. The molecule has 1 heterocycles. The van der Waals surface area contributed by atoms with E-state index in [1.54, 1.807) is 0 Å². The molecule has 0 amide bonds. The van der Waals surface area contributed by atoms with E-state index in [0.717, 1.165) is 6.54 Å². The van der Waals surface area contributed by atoms with Crippen LogP contribution in [0, 0.1) is 0 Å². The zero-order chi connectivity index (χ0) is 17.1. The number of hydrogen-bond acceptors (Lipinski definition) is 1. The van der Waals surface area contributed by atoms with E-state index in [9.17, 15) is 0 Å². The summed E-state index contributed by atoms with van der Waals surface area (Å²) >= 11 is 3.70. The van der Waals surface area contributed by atoms with E-state index in [1.807, 2.05) is 0 Å². The minimum absolute atomic E-state index is 0.0653. The highest BCUT2D eigenvalue weighted by Gasteiger charge is 2.72. The van der Waals surface area contributed by atoms with E-state index in [2.05, 4.69) is 107 Å². The van der Waals surface area contributed by atoms with Gasteiger partial charge in [0.1, 0.15) is 0 Å². The molecule has 0 N–H and O–H groups in total. The molecule has 1 aliphatic carbocycles. The fraction of sp³-hybridized carbons (Fsp3) is 0.217. The van der Waals surface area contributed by atoms with Gasteiger partial charge in [-0.1, -0.05) is 76.6 Å². The van der Waals surface area contributed by atoms with Crippen molar-refractivity contribution in [2.24, 2.45) is 0 Å². The number of hydrogen-bond donors (Lipinski definition) is 0. The molecule has 124 valence electrons. The molecule has 1 spiro atoms. The molecule has 0 radical (unpaired) electrons. The van der Waals surface area contributed by atoms with Gasteiger partial charge in [0.2, 0.25) is 0 Å². The fourth-order valence-electron chi connectivity index (χ4n) is 5.09. The van der Waals surface area contributed by atoms with Gasteiger partial charge in [-0.2, -0.15) is 0 Å². The molecule has 1 unspecified atom stereocenters. The molecular weight excluding hydrogens is 370 g/mol. The van der Waals surface area contributed by atoms with Crippen LogP contribution in [0.5, 0.6) is 0 Å². The summed E-state index contributed by atoms with van der Waals surface area (Å²) in [6.07, 6.45) is 1.17. The predicted octanol–water partition coefficient (Wildman–Crippen LogP) is 5.53. The van der Waals surface area contributed by atoms with Gasteiger partial charge in [-0.05, 0) is 41.3 Å². The van der Waals surface area contributed by atoms with Crippen molar-refractivity contribution in [3.05, 3.63) is 100 Å². The first kappa shape index (κ1) is 15.2. The van der Waals surface area contributed by atoms with E-state index >= 15 is 0 Å². The lowest BCUT2D eigenvalue weighted by atomic mass is 9.78. The lowest BCUT2D eigenvalue weighted by molar-refractivity contribution is 0.626. The van der Waals surface area contributed by atoms with Crippen LogP contribution in [0.1, 0.15) is 23.1 Å². The molecule has 1 nitrogen and oxygen atoms in total. The number of nitrogens with zero attached hydrogens (tertiary/aromatic N) is 1. The highest BCUT2D eigenvalue weighted by Crippen LogP contribution is 2.72. The maximum Gasteiger partial charge on any atom is 0.0404 e. The highest BCUT2D eigenvalue weighted by molar-refractivity contribution is 9.10. The van der Waals surface area contributed by atoms with E-state index in [-0.39, 0.29) is 10.8 Å². The van der Waals surface area contributed by atoms with Gasteiger partial charge in [-0.25, -0.2) is 0 Å². The summed E-state index contributed by atoms with van der Waals surface area (Å²) in [7, 11) is 2.22. The third-order valence-corrected chi connectivity index (χ3v) is 6.68. The van der Waals surface area contributed by atoms with Gasteiger partial charge in [-0.15, -0.1) is 0 Å². The first-order chi connectivity index (χ1) is 12.2. The van der Waals surface area contributed by atoms with Crippen molar-refractivity contribution in [2.45, 2.75) is 17.3 Å². The molecule has 5 rings (SSSR count). The number of likely N-dealkylation sites (N-methyl/N-ethyl adjacent to an activating group) is 1. The van der Waals surface area contributed by atoms with Crippen molar-refractivity contribution >= 4 is 21.6 Å². The van der Waals surface area contributed by atoms with Crippen LogP contribution in [0.4, 0.5) is 5.69 Å². The minimum Gasteiger partial charge on any atom is -0.373 e. The predicted molar refractivity (Wildman–Crippen MR) is 107 cm³/mol. The quantitative estimate of drug-likeness (QED) is 0.556. The Morgan fingerprint density at radius 2 is 1.44 bits per heavy atom. The molecule has 2 heteroatoms. The molecule has 0 aromatic heterocycles. The normalized spacial score (nSPS) is 22.9. The standard InChI is InChI=1S/C23H20BrN/c1-25-16-22(20-14-19(24)12-13-21(20)25)15-23(22,17-8-4-2-5-9-17)18-10-6-3-7-11-18/h2-14H,15-16H2,1H3. The summed E-state index contributed by atoms with van der Waals surface area (Å²) in [5, 5.41) is 0. The van der Waals surface area contributed by atoms with E-state index in [1.165, 1.54) is 33.3 Å². The first-order valence-electron chi connectivity index (χ1n) is 8.80. The Kier molecular flexibility index (Phi) is 3.18. The van der Waals surface area contributed by atoms with E-state index < -0.39 is 0 Å². The summed E-state index contributed by atoms with van der Waals surface area (Å²) in [4.78, 5) is 2.43. The van der Waals surface area contributed by atoms with Crippen LogP contribution in [0.15, 0.2) is 83.3 Å². The van der Waals surface area contributed by atoms with E-state index in [0.29, 0.717) is 0 Å². The maximum atomic E-state index is 3.70. The summed E-state index contributed by atoms with van der Waals surface area (Å²) < 4.78 is 1.17. The Labute approximate surface area is 157 Å². The van der Waals surface area contributed by atoms with Crippen LogP contribution in [-0.2, 0) is 10.8 Å². The first-order valence-corrected chi connectivity index (χ1v) is 9.59. The van der Waals surface area contributed by atoms with Gasteiger partial charge < -0.3 is 4.90 Å². The Balaban J connectivity index is 1.76. The van der Waals surface area contributed by atoms with Crippen molar-refractivity contribution < 1.29 is 0 Å². The fourth-order valence-corrected chi connectivity index (χ4v) is 5.45.